The van der Waals surface area contributed by atoms with Gasteiger partial charge in [-0.05, 0) is 33.2 Å². The lowest BCUT2D eigenvalue weighted by Gasteiger charge is -2.22. The fourth-order valence-electron chi connectivity index (χ4n) is 1.55. The monoisotopic (exact) mass is 209 g/mol. The molecule has 1 fully saturated rings. The number of halogens is 1. The van der Waals surface area contributed by atoms with Crippen LogP contribution in [0.15, 0.2) is 0 Å². The van der Waals surface area contributed by atoms with E-state index >= 15 is 0 Å². The summed E-state index contributed by atoms with van der Waals surface area (Å²) < 4.78 is 11.0. The largest absolute Gasteiger partial charge is 0.351 e. The van der Waals surface area contributed by atoms with Crippen LogP contribution in [0.3, 0.4) is 0 Å². The van der Waals surface area contributed by atoms with Gasteiger partial charge < -0.3 is 14.8 Å². The minimum Gasteiger partial charge on any atom is -0.351 e. The van der Waals surface area contributed by atoms with E-state index in [2.05, 4.69) is 5.32 Å². The highest BCUT2D eigenvalue weighted by atomic mass is 35.5. The number of nitrogens with one attached hydrogen (secondary N) is 1. The highest BCUT2D eigenvalue weighted by Crippen LogP contribution is 2.12. The third-order valence-corrected chi connectivity index (χ3v) is 2.09. The van der Waals surface area contributed by atoms with Gasteiger partial charge in [0.1, 0.15) is 0 Å². The third kappa shape index (κ3) is 4.27. The molecule has 4 heteroatoms. The second-order valence-electron chi connectivity index (χ2n) is 2.98. The summed E-state index contributed by atoms with van der Waals surface area (Å²) in [7, 11) is 0. The summed E-state index contributed by atoms with van der Waals surface area (Å²) in [5, 5.41) is 3.38. The molecule has 13 heavy (non-hydrogen) atoms. The lowest BCUT2D eigenvalue weighted by Crippen LogP contribution is -2.38. The van der Waals surface area contributed by atoms with Crippen LogP contribution >= 0.6 is 12.4 Å². The maximum atomic E-state index is 5.48. The first-order valence-corrected chi connectivity index (χ1v) is 4.85. The smallest absolute Gasteiger partial charge is 0.172 e. The van der Waals surface area contributed by atoms with Crippen molar-refractivity contribution in [3.05, 3.63) is 0 Å². The van der Waals surface area contributed by atoms with E-state index in [9.17, 15) is 0 Å². The molecule has 0 unspecified atom stereocenters. The van der Waals surface area contributed by atoms with Crippen LogP contribution in [0.25, 0.3) is 0 Å². The summed E-state index contributed by atoms with van der Waals surface area (Å²) in [6, 6.07) is 0.407. The van der Waals surface area contributed by atoms with E-state index in [1.807, 2.05) is 13.8 Å². The molecule has 1 N–H and O–H groups in total. The van der Waals surface area contributed by atoms with Crippen molar-refractivity contribution in [2.75, 3.05) is 19.8 Å². The standard InChI is InChI=1S/C9H19NO2.ClH/c1-3-11-9(12-4-2)8-6-5-7-10-8;/h8-10H,3-7H2,1-2H3;1H/t8-;/m0./s1. The molecule has 0 aliphatic carbocycles. The van der Waals surface area contributed by atoms with Gasteiger partial charge in [-0.15, -0.1) is 12.4 Å². The summed E-state index contributed by atoms with van der Waals surface area (Å²) in [6.07, 6.45) is 2.37. The van der Waals surface area contributed by atoms with Crippen molar-refractivity contribution in [3.63, 3.8) is 0 Å². The van der Waals surface area contributed by atoms with Crippen LogP contribution in [0.2, 0.25) is 0 Å². The van der Waals surface area contributed by atoms with Gasteiger partial charge in [-0.2, -0.15) is 0 Å². The van der Waals surface area contributed by atoms with Gasteiger partial charge in [0.25, 0.3) is 0 Å². The molecule has 0 aromatic carbocycles. The van der Waals surface area contributed by atoms with Crippen LogP contribution in [0.5, 0.6) is 0 Å². The third-order valence-electron chi connectivity index (χ3n) is 2.09. The van der Waals surface area contributed by atoms with Gasteiger partial charge in [-0.1, -0.05) is 0 Å². The second kappa shape index (κ2) is 7.56. The van der Waals surface area contributed by atoms with E-state index in [-0.39, 0.29) is 18.7 Å². The van der Waals surface area contributed by atoms with Crippen LogP contribution in [0.1, 0.15) is 26.7 Å². The summed E-state index contributed by atoms with van der Waals surface area (Å²) in [4.78, 5) is 0. The molecule has 1 heterocycles. The Labute approximate surface area is 86.6 Å². The van der Waals surface area contributed by atoms with E-state index in [0.29, 0.717) is 6.04 Å². The molecule has 1 rings (SSSR count). The van der Waals surface area contributed by atoms with Gasteiger partial charge in [0, 0.05) is 13.2 Å². The van der Waals surface area contributed by atoms with E-state index in [1.165, 1.54) is 12.8 Å². The van der Waals surface area contributed by atoms with Gasteiger partial charge in [-0.3, -0.25) is 0 Å². The number of hydrogen-bond donors (Lipinski definition) is 1. The van der Waals surface area contributed by atoms with Crippen LogP contribution < -0.4 is 5.32 Å². The Morgan fingerprint density at radius 3 is 2.31 bits per heavy atom. The molecule has 0 radical (unpaired) electrons. The van der Waals surface area contributed by atoms with Crippen molar-refractivity contribution in [2.24, 2.45) is 0 Å². The number of hydrogen-bond acceptors (Lipinski definition) is 3. The SMILES string of the molecule is CCOC(OCC)[C@@H]1CCCN1.Cl. The van der Waals surface area contributed by atoms with Crippen molar-refractivity contribution >= 4 is 12.4 Å². The first-order valence-electron chi connectivity index (χ1n) is 4.85. The van der Waals surface area contributed by atoms with Crippen LogP contribution in [-0.2, 0) is 9.47 Å². The molecule has 1 saturated heterocycles. The topological polar surface area (TPSA) is 30.5 Å². The molecule has 1 aliphatic rings. The Balaban J connectivity index is 0.00000144. The molecule has 0 spiro atoms. The Morgan fingerprint density at radius 2 is 1.92 bits per heavy atom. The maximum absolute atomic E-state index is 5.48. The molecule has 1 aliphatic heterocycles. The highest BCUT2D eigenvalue weighted by Gasteiger charge is 2.24. The first kappa shape index (κ1) is 13.2. The molecule has 0 saturated carbocycles. The first-order chi connectivity index (χ1) is 5.88. The van der Waals surface area contributed by atoms with Gasteiger partial charge >= 0.3 is 0 Å². The van der Waals surface area contributed by atoms with Gasteiger partial charge in [0.05, 0.1) is 6.04 Å². The predicted molar refractivity (Wildman–Crippen MR) is 55.3 cm³/mol. The molecular weight excluding hydrogens is 190 g/mol. The van der Waals surface area contributed by atoms with Crippen molar-refractivity contribution in [1.29, 1.82) is 0 Å². The van der Waals surface area contributed by atoms with E-state index in [4.69, 9.17) is 9.47 Å². The van der Waals surface area contributed by atoms with Crippen molar-refractivity contribution in [2.45, 2.75) is 39.0 Å². The average molecular weight is 210 g/mol. The molecule has 0 aromatic rings. The maximum Gasteiger partial charge on any atom is 0.172 e. The van der Waals surface area contributed by atoms with Crippen molar-refractivity contribution in [1.82, 2.24) is 5.32 Å². The van der Waals surface area contributed by atoms with E-state index < -0.39 is 0 Å². The van der Waals surface area contributed by atoms with Crippen LogP contribution in [0.4, 0.5) is 0 Å². The summed E-state index contributed by atoms with van der Waals surface area (Å²) in [6.45, 7) is 6.55. The summed E-state index contributed by atoms with van der Waals surface area (Å²) in [5.41, 5.74) is 0. The van der Waals surface area contributed by atoms with Gasteiger partial charge in [0.15, 0.2) is 6.29 Å². The van der Waals surface area contributed by atoms with Gasteiger partial charge in [-0.25, -0.2) is 0 Å². The molecule has 3 nitrogen and oxygen atoms in total. The van der Waals surface area contributed by atoms with Crippen molar-refractivity contribution < 1.29 is 9.47 Å². The van der Waals surface area contributed by atoms with Crippen molar-refractivity contribution in [3.8, 4) is 0 Å². The minimum absolute atomic E-state index is 0. The lowest BCUT2D eigenvalue weighted by molar-refractivity contribution is -0.151. The Morgan fingerprint density at radius 1 is 1.31 bits per heavy atom. The predicted octanol–water partition coefficient (Wildman–Crippen LogP) is 1.56. The molecule has 80 valence electrons. The molecule has 0 amide bonds. The number of ether oxygens (including phenoxy) is 2. The molecule has 1 atom stereocenters. The zero-order chi connectivity index (χ0) is 8.81. The Hall–Kier alpha value is 0.170. The van der Waals surface area contributed by atoms with Crippen LogP contribution in [0, 0.1) is 0 Å². The second-order valence-corrected chi connectivity index (χ2v) is 2.98. The van der Waals surface area contributed by atoms with E-state index in [0.717, 1.165) is 19.8 Å². The number of rotatable bonds is 5. The quantitative estimate of drug-likeness (QED) is 0.698. The van der Waals surface area contributed by atoms with Gasteiger partial charge in [0.2, 0.25) is 0 Å². The Kier molecular flexibility index (Phi) is 7.66. The molecule has 0 aromatic heterocycles. The fraction of sp³-hybridized carbons (Fsp3) is 1.00. The zero-order valence-electron chi connectivity index (χ0n) is 8.41. The summed E-state index contributed by atoms with van der Waals surface area (Å²) >= 11 is 0. The molecular formula is C9H20ClNO2. The Bertz CT molecular complexity index is 112. The zero-order valence-corrected chi connectivity index (χ0v) is 9.23. The normalized spacial score (nSPS) is 21.9. The van der Waals surface area contributed by atoms with Crippen LogP contribution in [-0.4, -0.2) is 32.1 Å². The molecule has 0 bridgehead atoms. The van der Waals surface area contributed by atoms with E-state index in [1.54, 1.807) is 0 Å². The minimum atomic E-state index is -0.0394. The lowest BCUT2D eigenvalue weighted by atomic mass is 10.2. The summed E-state index contributed by atoms with van der Waals surface area (Å²) in [5.74, 6) is 0. The fourth-order valence-corrected chi connectivity index (χ4v) is 1.55. The highest BCUT2D eigenvalue weighted by molar-refractivity contribution is 5.85. The average Bonchev–Trinajstić information content (AvgIpc) is 2.56.